The largest absolute Gasteiger partial charge is 0.454 e. The van der Waals surface area contributed by atoms with Crippen LogP contribution in [0.5, 0.6) is 11.5 Å². The van der Waals surface area contributed by atoms with Crippen molar-refractivity contribution >= 4 is 23.2 Å². The minimum atomic E-state index is -0.703. The van der Waals surface area contributed by atoms with Gasteiger partial charge in [-0.2, -0.15) is 0 Å². The number of hydrogen-bond acceptors (Lipinski definition) is 5. The third-order valence-electron chi connectivity index (χ3n) is 5.03. The molecule has 0 unspecified atom stereocenters. The third kappa shape index (κ3) is 3.88. The Hall–Kier alpha value is -3.22. The topological polar surface area (TPSA) is 79.9 Å². The van der Waals surface area contributed by atoms with E-state index in [0.717, 1.165) is 24.9 Å². The van der Waals surface area contributed by atoms with Crippen LogP contribution in [0.4, 0.5) is 11.4 Å². The maximum Gasteiger partial charge on any atom is 0.313 e. The molecule has 2 amide bonds. The van der Waals surface area contributed by atoms with E-state index in [-0.39, 0.29) is 6.79 Å². The second kappa shape index (κ2) is 7.80. The number of carbonyl (C=O) groups excluding carboxylic acids is 2. The number of anilines is 2. The first kappa shape index (κ1) is 18.2. The summed E-state index contributed by atoms with van der Waals surface area (Å²) in [6.45, 7) is 1.65. The number of carbonyl (C=O) groups is 2. The van der Waals surface area contributed by atoms with E-state index in [9.17, 15) is 9.59 Å². The summed E-state index contributed by atoms with van der Waals surface area (Å²) >= 11 is 0. The zero-order valence-corrected chi connectivity index (χ0v) is 15.8. The highest BCUT2D eigenvalue weighted by Gasteiger charge is 2.18. The van der Waals surface area contributed by atoms with Crippen molar-refractivity contribution in [2.45, 2.75) is 19.3 Å². The summed E-state index contributed by atoms with van der Waals surface area (Å²) in [6, 6.07) is 11.4. The lowest BCUT2D eigenvalue weighted by Crippen LogP contribution is -2.36. The van der Waals surface area contributed by atoms with Gasteiger partial charge in [0.2, 0.25) is 6.79 Å². The van der Waals surface area contributed by atoms with Gasteiger partial charge in [-0.25, -0.2) is 0 Å². The molecule has 7 heteroatoms. The maximum absolute atomic E-state index is 12.1. The van der Waals surface area contributed by atoms with Crippen LogP contribution in [0.3, 0.4) is 0 Å². The van der Waals surface area contributed by atoms with Crippen molar-refractivity contribution in [3.63, 3.8) is 0 Å². The van der Waals surface area contributed by atoms with Crippen molar-refractivity contribution in [1.29, 1.82) is 0 Å². The van der Waals surface area contributed by atoms with Gasteiger partial charge >= 0.3 is 11.8 Å². The molecule has 2 aliphatic heterocycles. The lowest BCUT2D eigenvalue weighted by atomic mass is 9.98. The fourth-order valence-electron chi connectivity index (χ4n) is 3.56. The first-order chi connectivity index (χ1) is 13.6. The Labute approximate surface area is 163 Å². The Kier molecular flexibility index (Phi) is 5.06. The van der Waals surface area contributed by atoms with Crippen LogP contribution < -0.4 is 25.0 Å². The highest BCUT2D eigenvalue weighted by atomic mass is 16.7. The molecule has 0 spiro atoms. The summed E-state index contributed by atoms with van der Waals surface area (Å²) in [4.78, 5) is 26.4. The number of nitrogens with one attached hydrogen (secondary N) is 2. The van der Waals surface area contributed by atoms with Crippen LogP contribution in [-0.4, -0.2) is 38.7 Å². The van der Waals surface area contributed by atoms with Gasteiger partial charge in [-0.05, 0) is 48.6 Å². The fraction of sp³-hybridized carbons (Fsp3) is 0.333. The fourth-order valence-corrected chi connectivity index (χ4v) is 3.56. The molecule has 0 saturated heterocycles. The van der Waals surface area contributed by atoms with E-state index >= 15 is 0 Å². The molecule has 2 aliphatic rings. The minimum Gasteiger partial charge on any atom is -0.454 e. The first-order valence-electron chi connectivity index (χ1n) is 9.42. The van der Waals surface area contributed by atoms with Crippen molar-refractivity contribution in [2.75, 3.05) is 37.1 Å². The average molecular weight is 381 g/mol. The monoisotopic (exact) mass is 381 g/mol. The van der Waals surface area contributed by atoms with Gasteiger partial charge in [-0.15, -0.1) is 0 Å². The molecular weight excluding hydrogens is 358 g/mol. The number of ether oxygens (including phenoxy) is 2. The zero-order chi connectivity index (χ0) is 19.5. The van der Waals surface area contributed by atoms with Crippen molar-refractivity contribution in [3.8, 4) is 11.5 Å². The van der Waals surface area contributed by atoms with E-state index in [4.69, 9.17) is 9.47 Å². The van der Waals surface area contributed by atoms with E-state index in [0.29, 0.717) is 30.2 Å². The van der Waals surface area contributed by atoms with Gasteiger partial charge in [-0.3, -0.25) is 9.59 Å². The molecule has 146 valence electrons. The molecule has 7 nitrogen and oxygen atoms in total. The lowest BCUT2D eigenvalue weighted by molar-refractivity contribution is -0.136. The lowest BCUT2D eigenvalue weighted by Gasteiger charge is -2.27. The van der Waals surface area contributed by atoms with Crippen LogP contribution in [0.25, 0.3) is 0 Å². The molecule has 2 aromatic rings. The maximum atomic E-state index is 12.1. The summed E-state index contributed by atoms with van der Waals surface area (Å²) < 4.78 is 10.5. The molecule has 2 aromatic carbocycles. The second-order valence-electron chi connectivity index (χ2n) is 7.02. The van der Waals surface area contributed by atoms with Crippen LogP contribution in [0, 0.1) is 0 Å². The molecular formula is C21H23N3O4. The number of fused-ring (bicyclic) bond motifs is 2. The number of amides is 2. The Morgan fingerprint density at radius 3 is 2.82 bits per heavy atom. The third-order valence-corrected chi connectivity index (χ3v) is 5.03. The van der Waals surface area contributed by atoms with Crippen molar-refractivity contribution < 1.29 is 19.1 Å². The standard InChI is InChI=1S/C21H23N3O4/c1-24-10-2-3-15-11-14(4-6-17(15)24)8-9-22-20(25)21(26)23-16-5-7-18-19(12-16)28-13-27-18/h4-7,11-12H,2-3,8-10,13H2,1H3,(H,22,25)(H,23,26). The van der Waals surface area contributed by atoms with E-state index < -0.39 is 11.8 Å². The molecule has 4 rings (SSSR count). The first-order valence-corrected chi connectivity index (χ1v) is 9.42. The molecule has 0 atom stereocenters. The molecule has 0 aliphatic carbocycles. The van der Waals surface area contributed by atoms with Gasteiger partial charge in [0.25, 0.3) is 0 Å². The molecule has 0 radical (unpaired) electrons. The highest BCUT2D eigenvalue weighted by molar-refractivity contribution is 6.39. The normalized spacial score (nSPS) is 14.4. The molecule has 2 N–H and O–H groups in total. The van der Waals surface area contributed by atoms with Crippen molar-refractivity contribution in [2.24, 2.45) is 0 Å². The summed E-state index contributed by atoms with van der Waals surface area (Å²) in [5.41, 5.74) is 4.27. The van der Waals surface area contributed by atoms with Crippen LogP contribution in [0.2, 0.25) is 0 Å². The number of nitrogens with zero attached hydrogens (tertiary/aromatic N) is 1. The summed E-state index contributed by atoms with van der Waals surface area (Å²) in [6.07, 6.45) is 2.92. The van der Waals surface area contributed by atoms with Gasteiger partial charge in [-0.1, -0.05) is 12.1 Å². The number of rotatable bonds is 4. The van der Waals surface area contributed by atoms with Gasteiger partial charge in [0.1, 0.15) is 0 Å². The summed E-state index contributed by atoms with van der Waals surface area (Å²) in [5, 5.41) is 5.25. The van der Waals surface area contributed by atoms with Gasteiger partial charge in [0.15, 0.2) is 11.5 Å². The quantitative estimate of drug-likeness (QED) is 0.793. The Morgan fingerprint density at radius 1 is 1.07 bits per heavy atom. The van der Waals surface area contributed by atoms with Crippen molar-refractivity contribution in [3.05, 3.63) is 47.5 Å². The minimum absolute atomic E-state index is 0.159. The molecule has 0 aromatic heterocycles. The smallest absolute Gasteiger partial charge is 0.313 e. The van der Waals surface area contributed by atoms with E-state index in [1.165, 1.54) is 11.3 Å². The summed E-state index contributed by atoms with van der Waals surface area (Å²) in [5.74, 6) is -0.184. The Balaban J connectivity index is 1.28. The van der Waals surface area contributed by atoms with Gasteiger partial charge in [0.05, 0.1) is 0 Å². The predicted molar refractivity (Wildman–Crippen MR) is 106 cm³/mol. The summed E-state index contributed by atoms with van der Waals surface area (Å²) in [7, 11) is 2.11. The van der Waals surface area contributed by atoms with Gasteiger partial charge < -0.3 is 25.0 Å². The predicted octanol–water partition coefficient (Wildman–Crippen LogP) is 2.10. The average Bonchev–Trinajstić information content (AvgIpc) is 3.16. The number of benzene rings is 2. The molecule has 28 heavy (non-hydrogen) atoms. The molecule has 0 fully saturated rings. The van der Waals surface area contributed by atoms with E-state index in [1.807, 2.05) is 0 Å². The van der Waals surface area contributed by atoms with E-state index in [1.54, 1.807) is 18.2 Å². The van der Waals surface area contributed by atoms with Crippen LogP contribution in [-0.2, 0) is 22.4 Å². The highest BCUT2D eigenvalue weighted by Crippen LogP contribution is 2.34. The van der Waals surface area contributed by atoms with Gasteiger partial charge in [0, 0.05) is 37.6 Å². The molecule has 0 saturated carbocycles. The van der Waals surface area contributed by atoms with Crippen LogP contribution in [0.1, 0.15) is 17.5 Å². The molecule has 0 bridgehead atoms. The number of aryl methyl sites for hydroxylation is 1. The van der Waals surface area contributed by atoms with E-state index in [2.05, 4.69) is 40.8 Å². The van der Waals surface area contributed by atoms with Crippen LogP contribution >= 0.6 is 0 Å². The van der Waals surface area contributed by atoms with Crippen molar-refractivity contribution in [1.82, 2.24) is 5.32 Å². The Morgan fingerprint density at radius 2 is 1.93 bits per heavy atom. The Bertz CT molecular complexity index is 913. The molecule has 2 heterocycles. The SMILES string of the molecule is CN1CCCc2cc(CCNC(=O)C(=O)Nc3ccc4c(c3)OCO4)ccc21. The van der Waals surface area contributed by atoms with Crippen LogP contribution in [0.15, 0.2) is 36.4 Å². The second-order valence-corrected chi connectivity index (χ2v) is 7.02. The number of hydrogen-bond donors (Lipinski definition) is 2. The zero-order valence-electron chi connectivity index (χ0n) is 15.8.